The van der Waals surface area contributed by atoms with Gasteiger partial charge >= 0.3 is 0 Å². The van der Waals surface area contributed by atoms with Crippen LogP contribution in [0, 0.1) is 5.92 Å². The molecule has 0 aromatic carbocycles. The van der Waals surface area contributed by atoms with Gasteiger partial charge in [-0.05, 0) is 37.8 Å². The summed E-state index contributed by atoms with van der Waals surface area (Å²) in [7, 11) is 2.08. The summed E-state index contributed by atoms with van der Waals surface area (Å²) < 4.78 is 2.08. The minimum atomic E-state index is 0.585. The van der Waals surface area contributed by atoms with Gasteiger partial charge in [0.1, 0.15) is 0 Å². The van der Waals surface area contributed by atoms with Crippen molar-refractivity contribution >= 4 is 0 Å². The van der Waals surface area contributed by atoms with Crippen molar-refractivity contribution in [3.8, 4) is 0 Å². The third kappa shape index (κ3) is 5.82. The fourth-order valence-corrected chi connectivity index (χ4v) is 3.05. The molecule has 0 amide bonds. The SMILES string of the molecule is CCCCC(CC)C(Cc1cc(CC)nn1C)NCCC. The van der Waals surface area contributed by atoms with Crippen molar-refractivity contribution in [2.45, 2.75) is 78.7 Å². The highest BCUT2D eigenvalue weighted by molar-refractivity contribution is 5.12. The molecule has 1 rings (SSSR count). The van der Waals surface area contributed by atoms with Crippen LogP contribution >= 0.6 is 0 Å². The van der Waals surface area contributed by atoms with E-state index in [4.69, 9.17) is 0 Å². The highest BCUT2D eigenvalue weighted by Gasteiger charge is 2.21. The summed E-state index contributed by atoms with van der Waals surface area (Å²) in [5.41, 5.74) is 2.58. The van der Waals surface area contributed by atoms with Crippen LogP contribution in [-0.4, -0.2) is 22.4 Å². The molecule has 3 nitrogen and oxygen atoms in total. The molecule has 122 valence electrons. The first-order valence-corrected chi connectivity index (χ1v) is 8.91. The lowest BCUT2D eigenvalue weighted by Gasteiger charge is -2.27. The first-order chi connectivity index (χ1) is 10.2. The number of hydrogen-bond acceptors (Lipinski definition) is 2. The second kappa shape index (κ2) is 9.99. The Labute approximate surface area is 131 Å². The number of nitrogens with one attached hydrogen (secondary N) is 1. The summed E-state index contributed by atoms with van der Waals surface area (Å²) in [6, 6.07) is 2.87. The molecule has 1 N–H and O–H groups in total. The van der Waals surface area contributed by atoms with Gasteiger partial charge in [0.05, 0.1) is 5.69 Å². The van der Waals surface area contributed by atoms with E-state index in [-0.39, 0.29) is 0 Å². The molecule has 0 aliphatic carbocycles. The molecule has 0 fully saturated rings. The van der Waals surface area contributed by atoms with E-state index < -0.39 is 0 Å². The molecule has 3 heteroatoms. The smallest absolute Gasteiger partial charge is 0.0624 e. The lowest BCUT2D eigenvalue weighted by Crippen LogP contribution is -2.39. The number of hydrogen-bond donors (Lipinski definition) is 1. The second-order valence-corrected chi connectivity index (χ2v) is 6.18. The third-order valence-electron chi connectivity index (χ3n) is 4.50. The molecule has 0 aliphatic rings. The van der Waals surface area contributed by atoms with Crippen LogP contribution in [0.25, 0.3) is 0 Å². The molecule has 2 atom stereocenters. The Morgan fingerprint density at radius 2 is 1.95 bits per heavy atom. The van der Waals surface area contributed by atoms with E-state index in [1.54, 1.807) is 0 Å². The number of unbranched alkanes of at least 4 members (excludes halogenated alkanes) is 1. The van der Waals surface area contributed by atoms with Crippen molar-refractivity contribution in [2.75, 3.05) is 6.54 Å². The Morgan fingerprint density at radius 1 is 1.19 bits per heavy atom. The van der Waals surface area contributed by atoms with E-state index in [0.29, 0.717) is 6.04 Å². The Hall–Kier alpha value is -0.830. The first-order valence-electron chi connectivity index (χ1n) is 8.91. The van der Waals surface area contributed by atoms with Crippen LogP contribution in [0.15, 0.2) is 6.07 Å². The zero-order valence-corrected chi connectivity index (χ0v) is 14.8. The van der Waals surface area contributed by atoms with Gasteiger partial charge in [0.25, 0.3) is 0 Å². The van der Waals surface area contributed by atoms with Crippen LogP contribution in [-0.2, 0) is 19.9 Å². The van der Waals surface area contributed by atoms with Crippen LogP contribution in [0.4, 0.5) is 0 Å². The fourth-order valence-electron chi connectivity index (χ4n) is 3.05. The van der Waals surface area contributed by atoms with Gasteiger partial charge in [0.2, 0.25) is 0 Å². The quantitative estimate of drug-likeness (QED) is 0.665. The summed E-state index contributed by atoms with van der Waals surface area (Å²) in [5.74, 6) is 0.775. The minimum absolute atomic E-state index is 0.585. The Kier molecular flexibility index (Phi) is 8.67. The zero-order chi connectivity index (χ0) is 15.7. The molecule has 0 saturated carbocycles. The van der Waals surface area contributed by atoms with E-state index >= 15 is 0 Å². The molecule has 1 aromatic rings. The predicted octanol–water partition coefficient (Wildman–Crippen LogP) is 4.11. The molecule has 0 radical (unpaired) electrons. The largest absolute Gasteiger partial charge is 0.313 e. The summed E-state index contributed by atoms with van der Waals surface area (Å²) in [6.07, 6.45) is 8.57. The van der Waals surface area contributed by atoms with Gasteiger partial charge in [-0.1, -0.05) is 47.0 Å². The van der Waals surface area contributed by atoms with Crippen LogP contribution < -0.4 is 5.32 Å². The lowest BCUT2D eigenvalue weighted by molar-refractivity contribution is 0.311. The van der Waals surface area contributed by atoms with E-state index in [0.717, 1.165) is 25.3 Å². The van der Waals surface area contributed by atoms with Crippen LogP contribution in [0.1, 0.15) is 71.2 Å². The van der Waals surface area contributed by atoms with Crippen molar-refractivity contribution in [3.63, 3.8) is 0 Å². The molecule has 0 aliphatic heterocycles. The monoisotopic (exact) mass is 293 g/mol. The van der Waals surface area contributed by atoms with Gasteiger partial charge in [-0.25, -0.2) is 0 Å². The number of rotatable bonds is 11. The van der Waals surface area contributed by atoms with Gasteiger partial charge in [0.15, 0.2) is 0 Å². The summed E-state index contributed by atoms with van der Waals surface area (Å²) in [5, 5.41) is 8.39. The van der Waals surface area contributed by atoms with Crippen LogP contribution in [0.2, 0.25) is 0 Å². The highest BCUT2D eigenvalue weighted by atomic mass is 15.3. The van der Waals surface area contributed by atoms with Gasteiger partial charge in [-0.15, -0.1) is 0 Å². The standard InChI is InChI=1S/C18H35N3/c1-6-10-11-15(8-3)18(19-12-7-2)14-17-13-16(9-4)20-21(17)5/h13,15,18-19H,6-12,14H2,1-5H3. The predicted molar refractivity (Wildman–Crippen MR) is 91.7 cm³/mol. The van der Waals surface area contributed by atoms with Crippen LogP contribution in [0.5, 0.6) is 0 Å². The minimum Gasteiger partial charge on any atom is -0.313 e. The molecule has 21 heavy (non-hydrogen) atoms. The number of aryl methyl sites for hydroxylation is 2. The van der Waals surface area contributed by atoms with E-state index in [1.165, 1.54) is 43.5 Å². The number of aromatic nitrogens is 2. The normalized spacial score (nSPS) is 14.3. The number of nitrogens with zero attached hydrogens (tertiary/aromatic N) is 2. The van der Waals surface area contributed by atoms with Crippen molar-refractivity contribution in [1.82, 2.24) is 15.1 Å². The van der Waals surface area contributed by atoms with Gasteiger partial charge in [-0.3, -0.25) is 4.68 Å². The van der Waals surface area contributed by atoms with Crippen molar-refractivity contribution in [1.29, 1.82) is 0 Å². The molecular weight excluding hydrogens is 258 g/mol. The maximum Gasteiger partial charge on any atom is 0.0624 e. The molecule has 2 unspecified atom stereocenters. The van der Waals surface area contributed by atoms with Gasteiger partial charge < -0.3 is 5.32 Å². The third-order valence-corrected chi connectivity index (χ3v) is 4.50. The van der Waals surface area contributed by atoms with Crippen molar-refractivity contribution in [2.24, 2.45) is 13.0 Å². The summed E-state index contributed by atoms with van der Waals surface area (Å²) in [6.45, 7) is 10.2. The van der Waals surface area contributed by atoms with E-state index in [1.807, 2.05) is 0 Å². The maximum atomic E-state index is 4.60. The van der Waals surface area contributed by atoms with Gasteiger partial charge in [-0.2, -0.15) is 5.10 Å². The molecule has 1 heterocycles. The van der Waals surface area contributed by atoms with Crippen molar-refractivity contribution < 1.29 is 0 Å². The Bertz CT molecular complexity index is 384. The summed E-state index contributed by atoms with van der Waals surface area (Å²) in [4.78, 5) is 0. The molecule has 0 spiro atoms. The topological polar surface area (TPSA) is 29.9 Å². The fraction of sp³-hybridized carbons (Fsp3) is 0.833. The maximum absolute atomic E-state index is 4.60. The average Bonchev–Trinajstić information content (AvgIpc) is 2.85. The van der Waals surface area contributed by atoms with Crippen molar-refractivity contribution in [3.05, 3.63) is 17.5 Å². The molecule has 0 saturated heterocycles. The first kappa shape index (κ1) is 18.2. The average molecular weight is 293 g/mol. The molecule has 0 bridgehead atoms. The van der Waals surface area contributed by atoms with Crippen LogP contribution in [0.3, 0.4) is 0 Å². The second-order valence-electron chi connectivity index (χ2n) is 6.18. The summed E-state index contributed by atoms with van der Waals surface area (Å²) >= 11 is 0. The molecular formula is C18H35N3. The van der Waals surface area contributed by atoms with E-state index in [2.05, 4.69) is 55.9 Å². The molecule has 1 aromatic heterocycles. The Morgan fingerprint density at radius 3 is 2.48 bits per heavy atom. The highest BCUT2D eigenvalue weighted by Crippen LogP contribution is 2.21. The zero-order valence-electron chi connectivity index (χ0n) is 14.8. The van der Waals surface area contributed by atoms with E-state index in [9.17, 15) is 0 Å². The lowest BCUT2D eigenvalue weighted by atomic mass is 9.88. The van der Waals surface area contributed by atoms with Gasteiger partial charge in [0, 0.05) is 25.2 Å². The Balaban J connectivity index is 2.77.